The fourth-order valence-corrected chi connectivity index (χ4v) is 3.11. The van der Waals surface area contributed by atoms with Gasteiger partial charge in [0.2, 0.25) is 0 Å². The molecule has 1 heterocycles. The lowest BCUT2D eigenvalue weighted by Crippen LogP contribution is -2.39. The summed E-state index contributed by atoms with van der Waals surface area (Å²) in [5.74, 6) is 0. The molecule has 1 aromatic carbocycles. The first-order chi connectivity index (χ1) is 9.15. The molecule has 1 unspecified atom stereocenters. The van der Waals surface area contributed by atoms with Crippen LogP contribution in [0, 0.1) is 10.1 Å². The van der Waals surface area contributed by atoms with Crippen molar-refractivity contribution in [3.05, 3.63) is 33.3 Å². The van der Waals surface area contributed by atoms with E-state index in [0.29, 0.717) is 11.7 Å². The van der Waals surface area contributed by atoms with Crippen LogP contribution in [0.25, 0.3) is 0 Å². The molecule has 104 valence electrons. The molecule has 19 heavy (non-hydrogen) atoms. The summed E-state index contributed by atoms with van der Waals surface area (Å²) in [5.41, 5.74) is 0.725. The van der Waals surface area contributed by atoms with E-state index in [1.54, 1.807) is 12.1 Å². The predicted molar refractivity (Wildman–Crippen MR) is 78.0 cm³/mol. The van der Waals surface area contributed by atoms with Crippen molar-refractivity contribution in [3.8, 4) is 0 Å². The summed E-state index contributed by atoms with van der Waals surface area (Å²) < 4.78 is 0. The van der Waals surface area contributed by atoms with E-state index in [2.05, 4.69) is 11.8 Å². The van der Waals surface area contributed by atoms with E-state index < -0.39 is 0 Å². The maximum Gasteiger partial charge on any atom is 0.310 e. The number of nitrogens with zero attached hydrogens (tertiary/aromatic N) is 2. The molecular formula is C14H19ClN2O2. The van der Waals surface area contributed by atoms with Crippen LogP contribution in [0.3, 0.4) is 0 Å². The second-order valence-electron chi connectivity index (χ2n) is 5.00. The highest BCUT2D eigenvalue weighted by Crippen LogP contribution is 2.38. The van der Waals surface area contributed by atoms with Crippen molar-refractivity contribution in [1.29, 1.82) is 0 Å². The fourth-order valence-electron chi connectivity index (χ4n) is 2.87. The van der Waals surface area contributed by atoms with Crippen molar-refractivity contribution in [2.75, 3.05) is 11.4 Å². The molecule has 0 spiro atoms. The molecule has 0 saturated carbocycles. The zero-order chi connectivity index (χ0) is 13.8. The SMILES string of the molecule is CCCC1CCCCN1c1cccc(Cl)c1[N+](=O)[O-]. The third kappa shape index (κ3) is 3.00. The third-order valence-electron chi connectivity index (χ3n) is 3.71. The average Bonchev–Trinajstić information content (AvgIpc) is 2.39. The molecule has 0 radical (unpaired) electrons. The minimum atomic E-state index is -0.366. The predicted octanol–water partition coefficient (Wildman–Crippen LogP) is 4.41. The van der Waals surface area contributed by atoms with Gasteiger partial charge in [0.25, 0.3) is 0 Å². The van der Waals surface area contributed by atoms with Crippen LogP contribution in [0.15, 0.2) is 18.2 Å². The second-order valence-corrected chi connectivity index (χ2v) is 5.40. The second kappa shape index (κ2) is 6.24. The van der Waals surface area contributed by atoms with Crippen molar-refractivity contribution < 1.29 is 4.92 Å². The van der Waals surface area contributed by atoms with Crippen molar-refractivity contribution in [1.82, 2.24) is 0 Å². The topological polar surface area (TPSA) is 46.4 Å². The van der Waals surface area contributed by atoms with E-state index in [1.165, 1.54) is 6.42 Å². The average molecular weight is 283 g/mol. The van der Waals surface area contributed by atoms with E-state index in [1.807, 2.05) is 6.07 Å². The van der Waals surface area contributed by atoms with Crippen LogP contribution in [0.4, 0.5) is 11.4 Å². The lowest BCUT2D eigenvalue weighted by Gasteiger charge is -2.37. The molecule has 1 saturated heterocycles. The van der Waals surface area contributed by atoms with Gasteiger partial charge in [-0.1, -0.05) is 31.0 Å². The van der Waals surface area contributed by atoms with Crippen LogP contribution in [0.2, 0.25) is 5.02 Å². The molecule has 0 aliphatic carbocycles. The first-order valence-corrected chi connectivity index (χ1v) is 7.22. The van der Waals surface area contributed by atoms with Gasteiger partial charge in [0.1, 0.15) is 10.7 Å². The summed E-state index contributed by atoms with van der Waals surface area (Å²) in [5, 5.41) is 11.5. The Kier molecular flexibility index (Phi) is 4.64. The van der Waals surface area contributed by atoms with Crippen molar-refractivity contribution in [2.24, 2.45) is 0 Å². The Hall–Kier alpha value is -1.29. The molecule has 1 atom stereocenters. The number of anilines is 1. The van der Waals surface area contributed by atoms with Gasteiger partial charge in [-0.2, -0.15) is 0 Å². The van der Waals surface area contributed by atoms with Crippen LogP contribution in [0.5, 0.6) is 0 Å². The minimum Gasteiger partial charge on any atom is -0.363 e. The number of nitro groups is 1. The number of benzene rings is 1. The third-order valence-corrected chi connectivity index (χ3v) is 4.01. The van der Waals surface area contributed by atoms with Gasteiger partial charge < -0.3 is 4.90 Å². The molecule has 1 aliphatic heterocycles. The highest BCUT2D eigenvalue weighted by molar-refractivity contribution is 6.33. The Morgan fingerprint density at radius 2 is 2.26 bits per heavy atom. The molecule has 0 amide bonds. The monoisotopic (exact) mass is 282 g/mol. The number of piperidine rings is 1. The standard InChI is InChI=1S/C14H19ClN2O2/c1-2-6-11-7-3-4-10-16(11)13-9-5-8-12(15)14(13)17(18)19/h5,8-9,11H,2-4,6-7,10H2,1H3. The number of para-hydroxylation sites is 1. The fraction of sp³-hybridized carbons (Fsp3) is 0.571. The lowest BCUT2D eigenvalue weighted by molar-refractivity contribution is -0.384. The minimum absolute atomic E-state index is 0.0483. The first kappa shape index (κ1) is 14.1. The maximum absolute atomic E-state index is 11.2. The van der Waals surface area contributed by atoms with Gasteiger partial charge >= 0.3 is 5.69 Å². The molecule has 0 bridgehead atoms. The van der Waals surface area contributed by atoms with Gasteiger partial charge in [-0.3, -0.25) is 10.1 Å². The Morgan fingerprint density at radius 3 is 2.95 bits per heavy atom. The van der Waals surface area contributed by atoms with Crippen molar-refractivity contribution >= 4 is 23.0 Å². The van der Waals surface area contributed by atoms with Gasteiger partial charge in [-0.15, -0.1) is 0 Å². The number of nitro benzene ring substituents is 1. The summed E-state index contributed by atoms with van der Waals surface area (Å²) in [7, 11) is 0. The Bertz CT molecular complexity index is 463. The van der Waals surface area contributed by atoms with Gasteiger partial charge in [0.05, 0.1) is 4.92 Å². The lowest BCUT2D eigenvalue weighted by atomic mass is 9.97. The summed E-state index contributed by atoms with van der Waals surface area (Å²) in [6.45, 7) is 3.03. The molecule has 5 heteroatoms. The first-order valence-electron chi connectivity index (χ1n) is 6.84. The summed E-state index contributed by atoms with van der Waals surface area (Å²) >= 11 is 6.00. The zero-order valence-electron chi connectivity index (χ0n) is 11.1. The molecule has 0 aromatic heterocycles. The highest BCUT2D eigenvalue weighted by atomic mass is 35.5. The molecular weight excluding hydrogens is 264 g/mol. The van der Waals surface area contributed by atoms with Crippen LogP contribution in [-0.2, 0) is 0 Å². The van der Waals surface area contributed by atoms with E-state index in [9.17, 15) is 10.1 Å². The quantitative estimate of drug-likeness (QED) is 0.607. The van der Waals surface area contributed by atoms with E-state index >= 15 is 0 Å². The van der Waals surface area contributed by atoms with E-state index in [4.69, 9.17) is 11.6 Å². The summed E-state index contributed by atoms with van der Waals surface area (Å²) in [4.78, 5) is 13.1. The van der Waals surface area contributed by atoms with Crippen LogP contribution in [0.1, 0.15) is 39.0 Å². The number of halogens is 1. The molecule has 1 aliphatic rings. The van der Waals surface area contributed by atoms with E-state index in [0.717, 1.165) is 32.2 Å². The normalized spacial score (nSPS) is 19.5. The number of hydrogen-bond acceptors (Lipinski definition) is 3. The highest BCUT2D eigenvalue weighted by Gasteiger charge is 2.29. The van der Waals surface area contributed by atoms with Gasteiger partial charge in [-0.05, 0) is 37.8 Å². The Morgan fingerprint density at radius 1 is 1.47 bits per heavy atom. The van der Waals surface area contributed by atoms with E-state index in [-0.39, 0.29) is 15.6 Å². The molecule has 0 N–H and O–H groups in total. The summed E-state index contributed by atoms with van der Waals surface area (Å²) in [6, 6.07) is 5.60. The maximum atomic E-state index is 11.2. The molecule has 4 nitrogen and oxygen atoms in total. The molecule has 1 aromatic rings. The van der Waals surface area contributed by atoms with Gasteiger partial charge in [0.15, 0.2) is 0 Å². The largest absolute Gasteiger partial charge is 0.363 e. The van der Waals surface area contributed by atoms with Crippen LogP contribution in [-0.4, -0.2) is 17.5 Å². The van der Waals surface area contributed by atoms with Gasteiger partial charge in [-0.25, -0.2) is 0 Å². The Balaban J connectivity index is 2.38. The van der Waals surface area contributed by atoms with Crippen molar-refractivity contribution in [3.63, 3.8) is 0 Å². The number of rotatable bonds is 4. The van der Waals surface area contributed by atoms with Crippen LogP contribution >= 0.6 is 11.6 Å². The number of hydrogen-bond donors (Lipinski definition) is 0. The van der Waals surface area contributed by atoms with Crippen molar-refractivity contribution in [2.45, 2.75) is 45.1 Å². The van der Waals surface area contributed by atoms with Gasteiger partial charge in [0, 0.05) is 12.6 Å². The van der Waals surface area contributed by atoms with Crippen LogP contribution < -0.4 is 4.90 Å². The molecule has 1 fully saturated rings. The zero-order valence-corrected chi connectivity index (χ0v) is 11.9. The smallest absolute Gasteiger partial charge is 0.310 e. The summed E-state index contributed by atoms with van der Waals surface area (Å²) in [6.07, 6.45) is 5.57. The Labute approximate surface area is 118 Å². The molecule has 2 rings (SSSR count).